The minimum absolute atomic E-state index is 0.185. The van der Waals surface area contributed by atoms with Crippen LogP contribution in [0.25, 0.3) is 11.1 Å². The summed E-state index contributed by atoms with van der Waals surface area (Å²) in [6.45, 7) is 16.6. The van der Waals surface area contributed by atoms with Crippen LogP contribution in [0.2, 0.25) is 0 Å². The molecular formula is C25H29BO2. The lowest BCUT2D eigenvalue weighted by Crippen LogP contribution is -2.41. The van der Waals surface area contributed by atoms with E-state index in [1.807, 2.05) is 12.2 Å². The van der Waals surface area contributed by atoms with Crippen molar-refractivity contribution in [2.24, 2.45) is 0 Å². The first kappa shape index (κ1) is 19.2. The lowest BCUT2D eigenvalue weighted by molar-refractivity contribution is 0.00578. The standard InChI is InChI=1S/C25H29BO2/c1-7-16-25(17-8-2)20-14-10-9-12-18(20)19-13-11-15-21(22(19)25)26-27-23(3,4)24(5,6)28-26/h7-15H,1-2,16-17H2,3-6H3. The molecule has 0 aromatic heterocycles. The third-order valence-electron chi connectivity index (χ3n) is 6.80. The molecule has 144 valence electrons. The second kappa shape index (κ2) is 6.47. The van der Waals surface area contributed by atoms with Gasteiger partial charge in [-0.1, -0.05) is 54.6 Å². The number of hydrogen-bond donors (Lipinski definition) is 0. The third-order valence-corrected chi connectivity index (χ3v) is 6.80. The van der Waals surface area contributed by atoms with Gasteiger partial charge in [-0.05, 0) is 68.3 Å². The smallest absolute Gasteiger partial charge is 0.399 e. The molecular weight excluding hydrogens is 343 g/mol. The molecule has 1 fully saturated rings. The van der Waals surface area contributed by atoms with Crippen molar-refractivity contribution in [3.05, 3.63) is 78.9 Å². The number of hydrogen-bond acceptors (Lipinski definition) is 2. The normalized spacial score (nSPS) is 20.5. The van der Waals surface area contributed by atoms with Crippen molar-refractivity contribution in [1.82, 2.24) is 0 Å². The summed E-state index contributed by atoms with van der Waals surface area (Å²) in [5.41, 5.74) is 5.40. The maximum absolute atomic E-state index is 6.45. The molecule has 4 rings (SSSR count). The van der Waals surface area contributed by atoms with Crippen LogP contribution in [0.3, 0.4) is 0 Å². The van der Waals surface area contributed by atoms with Crippen molar-refractivity contribution in [3.63, 3.8) is 0 Å². The van der Waals surface area contributed by atoms with Gasteiger partial charge in [0.1, 0.15) is 0 Å². The first-order valence-corrected chi connectivity index (χ1v) is 10.1. The predicted octanol–water partition coefficient (Wildman–Crippen LogP) is 5.40. The third kappa shape index (κ3) is 2.57. The second-order valence-corrected chi connectivity index (χ2v) is 8.97. The van der Waals surface area contributed by atoms with E-state index in [1.54, 1.807) is 0 Å². The van der Waals surface area contributed by atoms with Crippen LogP contribution >= 0.6 is 0 Å². The fourth-order valence-electron chi connectivity index (χ4n) is 4.77. The van der Waals surface area contributed by atoms with Gasteiger partial charge in [0.2, 0.25) is 0 Å². The molecule has 0 atom stereocenters. The van der Waals surface area contributed by atoms with Gasteiger partial charge in [-0.3, -0.25) is 0 Å². The highest BCUT2D eigenvalue weighted by molar-refractivity contribution is 6.63. The molecule has 1 aliphatic heterocycles. The summed E-state index contributed by atoms with van der Waals surface area (Å²) in [5.74, 6) is 0. The minimum Gasteiger partial charge on any atom is -0.399 e. The Bertz CT molecular complexity index is 915. The van der Waals surface area contributed by atoms with Gasteiger partial charge in [-0.15, -0.1) is 13.2 Å². The van der Waals surface area contributed by atoms with Gasteiger partial charge in [0.05, 0.1) is 11.2 Å². The average molecular weight is 372 g/mol. The molecule has 0 N–H and O–H groups in total. The SMILES string of the molecule is C=CCC1(CC=C)c2ccccc2-c2cccc(B3OC(C)(C)C(C)(C)O3)c21. The molecule has 1 aliphatic carbocycles. The van der Waals surface area contributed by atoms with E-state index in [-0.39, 0.29) is 23.7 Å². The van der Waals surface area contributed by atoms with E-state index < -0.39 is 0 Å². The van der Waals surface area contributed by atoms with Crippen molar-refractivity contribution < 1.29 is 9.31 Å². The summed E-state index contributed by atoms with van der Waals surface area (Å²) in [6, 6.07) is 15.2. The number of benzene rings is 2. The Kier molecular flexibility index (Phi) is 4.44. The van der Waals surface area contributed by atoms with Crippen molar-refractivity contribution in [2.45, 2.75) is 57.2 Å². The number of fused-ring (bicyclic) bond motifs is 3. The van der Waals surface area contributed by atoms with E-state index in [9.17, 15) is 0 Å². The maximum Gasteiger partial charge on any atom is 0.495 e. The summed E-state index contributed by atoms with van der Waals surface area (Å²) >= 11 is 0. The molecule has 1 saturated heterocycles. The molecule has 0 radical (unpaired) electrons. The molecule has 3 heteroatoms. The highest BCUT2D eigenvalue weighted by Crippen LogP contribution is 2.53. The molecule has 0 amide bonds. The number of rotatable bonds is 5. The van der Waals surface area contributed by atoms with E-state index >= 15 is 0 Å². The largest absolute Gasteiger partial charge is 0.495 e. The van der Waals surface area contributed by atoms with Gasteiger partial charge in [-0.2, -0.15) is 0 Å². The van der Waals surface area contributed by atoms with Gasteiger partial charge in [0.15, 0.2) is 0 Å². The molecule has 0 unspecified atom stereocenters. The zero-order chi connectivity index (χ0) is 20.2. The average Bonchev–Trinajstić information content (AvgIpc) is 3.04. The molecule has 0 saturated carbocycles. The molecule has 0 bridgehead atoms. The molecule has 2 aromatic carbocycles. The summed E-state index contributed by atoms with van der Waals surface area (Å²) in [7, 11) is -0.386. The Balaban J connectivity index is 1.96. The summed E-state index contributed by atoms with van der Waals surface area (Å²) < 4.78 is 12.9. The Labute approximate surface area is 169 Å². The van der Waals surface area contributed by atoms with Crippen LogP contribution in [0.15, 0.2) is 67.8 Å². The monoisotopic (exact) mass is 372 g/mol. The number of allylic oxidation sites excluding steroid dienone is 2. The Morgan fingerprint density at radius 2 is 1.39 bits per heavy atom. The van der Waals surface area contributed by atoms with Crippen LogP contribution in [0.1, 0.15) is 51.7 Å². The van der Waals surface area contributed by atoms with Crippen molar-refractivity contribution in [3.8, 4) is 11.1 Å². The van der Waals surface area contributed by atoms with Crippen molar-refractivity contribution >= 4 is 12.6 Å². The van der Waals surface area contributed by atoms with Gasteiger partial charge < -0.3 is 9.31 Å². The lowest BCUT2D eigenvalue weighted by Gasteiger charge is -2.32. The Morgan fingerprint density at radius 3 is 2.00 bits per heavy atom. The molecule has 1 heterocycles. The van der Waals surface area contributed by atoms with Crippen molar-refractivity contribution in [2.75, 3.05) is 0 Å². The molecule has 2 aliphatic rings. The van der Waals surface area contributed by atoms with Crippen LogP contribution < -0.4 is 5.46 Å². The quantitative estimate of drug-likeness (QED) is 0.517. The summed E-state index contributed by atoms with van der Waals surface area (Å²) in [5, 5.41) is 0. The lowest BCUT2D eigenvalue weighted by atomic mass is 9.64. The van der Waals surface area contributed by atoms with Crippen LogP contribution in [0, 0.1) is 0 Å². The fourth-order valence-corrected chi connectivity index (χ4v) is 4.77. The molecule has 0 spiro atoms. The highest BCUT2D eigenvalue weighted by Gasteiger charge is 2.54. The summed E-state index contributed by atoms with van der Waals surface area (Å²) in [4.78, 5) is 0. The topological polar surface area (TPSA) is 18.5 Å². The first-order valence-electron chi connectivity index (χ1n) is 10.1. The van der Waals surface area contributed by atoms with E-state index in [1.165, 1.54) is 22.3 Å². The molecule has 28 heavy (non-hydrogen) atoms. The van der Waals surface area contributed by atoms with E-state index in [0.717, 1.165) is 18.3 Å². The van der Waals surface area contributed by atoms with Crippen LogP contribution in [-0.4, -0.2) is 18.3 Å². The van der Waals surface area contributed by atoms with Gasteiger partial charge in [0, 0.05) is 5.41 Å². The highest BCUT2D eigenvalue weighted by atomic mass is 16.7. The van der Waals surface area contributed by atoms with E-state index in [2.05, 4.69) is 83.3 Å². The van der Waals surface area contributed by atoms with Crippen LogP contribution in [0.5, 0.6) is 0 Å². The molecule has 2 nitrogen and oxygen atoms in total. The Morgan fingerprint density at radius 1 is 0.821 bits per heavy atom. The first-order chi connectivity index (χ1) is 13.3. The Hall–Kier alpha value is -2.10. The predicted molar refractivity (Wildman–Crippen MR) is 118 cm³/mol. The van der Waals surface area contributed by atoms with Gasteiger partial charge in [-0.25, -0.2) is 0 Å². The second-order valence-electron chi connectivity index (χ2n) is 8.97. The van der Waals surface area contributed by atoms with Gasteiger partial charge >= 0.3 is 7.12 Å². The fraction of sp³-hybridized carbons (Fsp3) is 0.360. The zero-order valence-electron chi connectivity index (χ0n) is 17.4. The van der Waals surface area contributed by atoms with Crippen LogP contribution in [0.4, 0.5) is 0 Å². The van der Waals surface area contributed by atoms with E-state index in [4.69, 9.17) is 9.31 Å². The zero-order valence-corrected chi connectivity index (χ0v) is 17.4. The summed E-state index contributed by atoms with van der Waals surface area (Å²) in [6.07, 6.45) is 5.74. The van der Waals surface area contributed by atoms with Crippen molar-refractivity contribution in [1.29, 1.82) is 0 Å². The van der Waals surface area contributed by atoms with Gasteiger partial charge in [0.25, 0.3) is 0 Å². The molecule has 2 aromatic rings. The van der Waals surface area contributed by atoms with E-state index in [0.29, 0.717) is 0 Å². The van der Waals surface area contributed by atoms with Crippen LogP contribution in [-0.2, 0) is 14.7 Å². The maximum atomic E-state index is 6.45. The minimum atomic E-state index is -0.386.